The summed E-state index contributed by atoms with van der Waals surface area (Å²) in [5.41, 5.74) is 5.77. The van der Waals surface area contributed by atoms with Crippen LogP contribution >= 0.6 is 0 Å². The maximum absolute atomic E-state index is 13.0. The van der Waals surface area contributed by atoms with Gasteiger partial charge in [0.1, 0.15) is 0 Å². The van der Waals surface area contributed by atoms with Gasteiger partial charge in [-0.15, -0.1) is 0 Å². The number of nitrogens with zero attached hydrogens (tertiary/aromatic N) is 2. The molecule has 0 bridgehead atoms. The van der Waals surface area contributed by atoms with E-state index in [9.17, 15) is 8.42 Å². The van der Waals surface area contributed by atoms with E-state index in [-0.39, 0.29) is 0 Å². The molecule has 0 unspecified atom stereocenters. The van der Waals surface area contributed by atoms with Crippen LogP contribution in [0.5, 0.6) is 0 Å². The molecule has 6 heteroatoms. The summed E-state index contributed by atoms with van der Waals surface area (Å²) in [5.74, 6) is 0. The SMILES string of the molecule is Cc1ccc(S(=O)(=O)N2CCN(Cc3c(C)[nH]c4ccccc34)CC2)cc1C. The molecule has 28 heavy (non-hydrogen) atoms. The van der Waals surface area contributed by atoms with Crippen molar-refractivity contribution >= 4 is 20.9 Å². The predicted molar refractivity (Wildman–Crippen MR) is 113 cm³/mol. The van der Waals surface area contributed by atoms with Crippen LogP contribution in [-0.4, -0.2) is 48.8 Å². The standard InChI is InChI=1S/C22H27N3O2S/c1-16-8-9-19(14-17(16)2)28(26,27)25-12-10-24(11-13-25)15-21-18(3)23-22-7-5-4-6-20(21)22/h4-9,14,23H,10-13,15H2,1-3H3. The van der Waals surface area contributed by atoms with Crippen LogP contribution in [0.3, 0.4) is 0 Å². The number of fused-ring (bicyclic) bond motifs is 1. The Labute approximate surface area is 167 Å². The molecule has 4 rings (SSSR count). The largest absolute Gasteiger partial charge is 0.358 e. The molecule has 148 valence electrons. The molecule has 0 saturated carbocycles. The number of nitrogens with one attached hydrogen (secondary N) is 1. The molecule has 0 atom stereocenters. The van der Waals surface area contributed by atoms with Crippen LogP contribution in [0.15, 0.2) is 47.4 Å². The smallest absolute Gasteiger partial charge is 0.243 e. The Balaban J connectivity index is 1.47. The van der Waals surface area contributed by atoms with Gasteiger partial charge in [-0.1, -0.05) is 24.3 Å². The van der Waals surface area contributed by atoms with Gasteiger partial charge in [0, 0.05) is 49.3 Å². The first-order chi connectivity index (χ1) is 13.4. The number of aromatic nitrogens is 1. The molecular weight excluding hydrogens is 370 g/mol. The average molecular weight is 398 g/mol. The zero-order chi connectivity index (χ0) is 19.9. The number of piperazine rings is 1. The van der Waals surface area contributed by atoms with Crippen molar-refractivity contribution in [1.82, 2.24) is 14.2 Å². The molecule has 1 aromatic heterocycles. The van der Waals surface area contributed by atoms with Gasteiger partial charge in [-0.05, 0) is 55.7 Å². The lowest BCUT2D eigenvalue weighted by Gasteiger charge is -2.34. The van der Waals surface area contributed by atoms with Gasteiger partial charge >= 0.3 is 0 Å². The van der Waals surface area contributed by atoms with E-state index < -0.39 is 10.0 Å². The minimum Gasteiger partial charge on any atom is -0.358 e. The first kappa shape index (κ1) is 19.2. The van der Waals surface area contributed by atoms with Crippen molar-refractivity contribution in [2.75, 3.05) is 26.2 Å². The maximum atomic E-state index is 13.0. The second kappa shape index (κ2) is 7.35. The molecule has 2 heterocycles. The Morgan fingerprint density at radius 1 is 0.929 bits per heavy atom. The molecular formula is C22H27N3O2S. The van der Waals surface area contributed by atoms with Gasteiger partial charge in [-0.2, -0.15) is 4.31 Å². The molecule has 1 N–H and O–H groups in total. The minimum atomic E-state index is -3.43. The number of benzene rings is 2. The van der Waals surface area contributed by atoms with Crippen LogP contribution < -0.4 is 0 Å². The van der Waals surface area contributed by atoms with E-state index in [1.54, 1.807) is 16.4 Å². The Morgan fingerprint density at radius 2 is 1.64 bits per heavy atom. The summed E-state index contributed by atoms with van der Waals surface area (Å²) in [6, 6.07) is 13.7. The van der Waals surface area contributed by atoms with Crippen molar-refractivity contribution in [3.8, 4) is 0 Å². The van der Waals surface area contributed by atoms with Gasteiger partial charge in [-0.25, -0.2) is 8.42 Å². The lowest BCUT2D eigenvalue weighted by Crippen LogP contribution is -2.48. The van der Waals surface area contributed by atoms with Crippen molar-refractivity contribution in [1.29, 1.82) is 0 Å². The number of aryl methyl sites for hydroxylation is 3. The molecule has 5 nitrogen and oxygen atoms in total. The molecule has 2 aromatic carbocycles. The summed E-state index contributed by atoms with van der Waals surface area (Å²) in [5, 5.41) is 1.25. The monoisotopic (exact) mass is 397 g/mol. The van der Waals surface area contributed by atoms with Crippen LogP contribution in [-0.2, 0) is 16.6 Å². The fourth-order valence-corrected chi connectivity index (χ4v) is 5.42. The highest BCUT2D eigenvalue weighted by atomic mass is 32.2. The average Bonchev–Trinajstić information content (AvgIpc) is 3.00. The van der Waals surface area contributed by atoms with Gasteiger partial charge in [0.15, 0.2) is 0 Å². The second-order valence-electron chi connectivity index (χ2n) is 7.70. The van der Waals surface area contributed by atoms with E-state index in [0.717, 1.165) is 36.3 Å². The number of hydrogen-bond donors (Lipinski definition) is 1. The van der Waals surface area contributed by atoms with E-state index in [2.05, 4.69) is 35.0 Å². The van der Waals surface area contributed by atoms with Crippen molar-refractivity contribution in [2.24, 2.45) is 0 Å². The van der Waals surface area contributed by atoms with Crippen molar-refractivity contribution < 1.29 is 8.42 Å². The highest BCUT2D eigenvalue weighted by molar-refractivity contribution is 7.89. The molecule has 0 spiro atoms. The van der Waals surface area contributed by atoms with Crippen LogP contribution in [0.25, 0.3) is 10.9 Å². The molecule has 1 aliphatic heterocycles. The third kappa shape index (κ3) is 3.48. The summed E-state index contributed by atoms with van der Waals surface area (Å²) < 4.78 is 27.6. The summed E-state index contributed by atoms with van der Waals surface area (Å²) in [6.45, 7) is 9.43. The molecule has 0 amide bonds. The third-order valence-electron chi connectivity index (χ3n) is 5.86. The Kier molecular flexibility index (Phi) is 5.04. The van der Waals surface area contributed by atoms with E-state index in [0.29, 0.717) is 18.0 Å². The molecule has 0 radical (unpaired) electrons. The summed E-state index contributed by atoms with van der Waals surface area (Å²) in [4.78, 5) is 6.19. The fraction of sp³-hybridized carbons (Fsp3) is 0.364. The number of hydrogen-bond acceptors (Lipinski definition) is 3. The Bertz CT molecular complexity index is 1110. The van der Waals surface area contributed by atoms with Crippen molar-refractivity contribution in [2.45, 2.75) is 32.2 Å². The fourth-order valence-electron chi connectivity index (χ4n) is 3.91. The first-order valence-corrected chi connectivity index (χ1v) is 11.2. The van der Waals surface area contributed by atoms with Gasteiger partial charge in [-0.3, -0.25) is 4.90 Å². The van der Waals surface area contributed by atoms with E-state index in [1.807, 2.05) is 26.0 Å². The van der Waals surface area contributed by atoms with Crippen LogP contribution in [0.2, 0.25) is 0 Å². The van der Waals surface area contributed by atoms with Crippen LogP contribution in [0.4, 0.5) is 0 Å². The molecule has 0 aliphatic carbocycles. The Hall–Kier alpha value is -2.15. The van der Waals surface area contributed by atoms with E-state index in [1.165, 1.54) is 16.6 Å². The van der Waals surface area contributed by atoms with Crippen LogP contribution in [0, 0.1) is 20.8 Å². The zero-order valence-electron chi connectivity index (χ0n) is 16.7. The highest BCUT2D eigenvalue weighted by Gasteiger charge is 2.29. The lowest BCUT2D eigenvalue weighted by atomic mass is 10.1. The highest BCUT2D eigenvalue weighted by Crippen LogP contribution is 2.25. The third-order valence-corrected chi connectivity index (χ3v) is 7.75. The minimum absolute atomic E-state index is 0.400. The summed E-state index contributed by atoms with van der Waals surface area (Å²) >= 11 is 0. The van der Waals surface area contributed by atoms with Crippen molar-refractivity contribution in [3.05, 3.63) is 64.8 Å². The molecule has 1 aliphatic rings. The number of aromatic amines is 1. The number of sulfonamides is 1. The molecule has 3 aromatic rings. The van der Waals surface area contributed by atoms with E-state index >= 15 is 0 Å². The normalized spacial score (nSPS) is 16.7. The second-order valence-corrected chi connectivity index (χ2v) is 9.64. The number of rotatable bonds is 4. The maximum Gasteiger partial charge on any atom is 0.243 e. The van der Waals surface area contributed by atoms with Gasteiger partial charge in [0.25, 0.3) is 0 Å². The van der Waals surface area contributed by atoms with Gasteiger partial charge < -0.3 is 4.98 Å². The molecule has 1 saturated heterocycles. The van der Waals surface area contributed by atoms with Gasteiger partial charge in [0.05, 0.1) is 4.90 Å². The lowest BCUT2D eigenvalue weighted by molar-refractivity contribution is 0.182. The quantitative estimate of drug-likeness (QED) is 0.732. The van der Waals surface area contributed by atoms with Gasteiger partial charge in [0.2, 0.25) is 10.0 Å². The topological polar surface area (TPSA) is 56.4 Å². The summed E-state index contributed by atoms with van der Waals surface area (Å²) in [7, 11) is -3.43. The number of H-pyrrole nitrogens is 1. The van der Waals surface area contributed by atoms with Crippen molar-refractivity contribution in [3.63, 3.8) is 0 Å². The Morgan fingerprint density at radius 3 is 2.36 bits per heavy atom. The number of para-hydroxylation sites is 1. The van der Waals surface area contributed by atoms with Crippen LogP contribution in [0.1, 0.15) is 22.4 Å². The summed E-state index contributed by atoms with van der Waals surface area (Å²) in [6.07, 6.45) is 0. The first-order valence-electron chi connectivity index (χ1n) is 9.72. The predicted octanol–water partition coefficient (Wildman–Crippen LogP) is 3.60. The molecule has 1 fully saturated rings. The van der Waals surface area contributed by atoms with E-state index in [4.69, 9.17) is 0 Å². The zero-order valence-corrected chi connectivity index (χ0v) is 17.5.